The molecule has 28 heavy (non-hydrogen) atoms. The summed E-state index contributed by atoms with van der Waals surface area (Å²) in [5, 5.41) is 6.61. The van der Waals surface area contributed by atoms with E-state index in [1.165, 1.54) is 6.21 Å². The molecule has 0 aliphatic rings. The van der Waals surface area contributed by atoms with E-state index in [0.717, 1.165) is 16.6 Å². The van der Waals surface area contributed by atoms with Crippen molar-refractivity contribution in [1.82, 2.24) is 20.7 Å². The van der Waals surface area contributed by atoms with Gasteiger partial charge in [-0.2, -0.15) is 5.10 Å². The lowest BCUT2D eigenvalue weighted by atomic mass is 10.0. The number of fused-ring (bicyclic) bond motifs is 1. The average molecular weight is 385 g/mol. The monoisotopic (exact) mass is 385 g/mol. The summed E-state index contributed by atoms with van der Waals surface area (Å²) in [5.41, 5.74) is 4.13. The predicted molar refractivity (Wildman–Crippen MR) is 108 cm³/mol. The SMILES string of the molecule is CC(C)C[C@H](NC(=O)OC(C)(C)C)C(=O)N/N=C\c1ccc2nccnc2c1. The molecule has 0 bridgehead atoms. The van der Waals surface area contributed by atoms with Crippen LogP contribution in [-0.4, -0.2) is 39.8 Å². The number of carbonyl (C=O) groups is 2. The van der Waals surface area contributed by atoms with Crippen molar-refractivity contribution >= 4 is 29.2 Å². The number of hydrogen-bond acceptors (Lipinski definition) is 6. The highest BCUT2D eigenvalue weighted by Crippen LogP contribution is 2.10. The number of benzene rings is 1. The zero-order valence-corrected chi connectivity index (χ0v) is 16.9. The molecule has 0 aliphatic heterocycles. The van der Waals surface area contributed by atoms with Gasteiger partial charge in [0.25, 0.3) is 5.91 Å². The summed E-state index contributed by atoms with van der Waals surface area (Å²) in [6, 6.07) is 4.74. The Balaban J connectivity index is 2.00. The number of carbonyl (C=O) groups excluding carboxylic acids is 2. The number of amides is 2. The molecule has 0 radical (unpaired) electrons. The molecule has 1 atom stereocenters. The molecule has 1 aromatic heterocycles. The topological polar surface area (TPSA) is 106 Å². The zero-order valence-electron chi connectivity index (χ0n) is 16.9. The van der Waals surface area contributed by atoms with E-state index in [4.69, 9.17) is 4.74 Å². The molecule has 1 heterocycles. The summed E-state index contributed by atoms with van der Waals surface area (Å²) in [7, 11) is 0. The van der Waals surface area contributed by atoms with Gasteiger partial charge in [-0.15, -0.1) is 0 Å². The maximum Gasteiger partial charge on any atom is 0.408 e. The number of nitrogens with one attached hydrogen (secondary N) is 2. The highest BCUT2D eigenvalue weighted by Gasteiger charge is 2.24. The first kappa shape index (κ1) is 21.3. The molecule has 0 fully saturated rings. The van der Waals surface area contributed by atoms with E-state index in [1.807, 2.05) is 32.0 Å². The van der Waals surface area contributed by atoms with E-state index < -0.39 is 23.6 Å². The lowest BCUT2D eigenvalue weighted by Gasteiger charge is -2.23. The third-order valence-corrected chi connectivity index (χ3v) is 3.60. The summed E-state index contributed by atoms with van der Waals surface area (Å²) < 4.78 is 5.23. The van der Waals surface area contributed by atoms with Crippen molar-refractivity contribution in [3.63, 3.8) is 0 Å². The highest BCUT2D eigenvalue weighted by molar-refractivity contribution is 5.89. The van der Waals surface area contributed by atoms with Crippen LogP contribution in [0.25, 0.3) is 11.0 Å². The summed E-state index contributed by atoms with van der Waals surface area (Å²) in [6.07, 6.45) is 4.59. The van der Waals surface area contributed by atoms with Gasteiger partial charge < -0.3 is 10.1 Å². The maximum absolute atomic E-state index is 12.5. The summed E-state index contributed by atoms with van der Waals surface area (Å²) in [6.45, 7) is 9.24. The average Bonchev–Trinajstić information content (AvgIpc) is 2.59. The van der Waals surface area contributed by atoms with E-state index in [0.29, 0.717) is 6.42 Å². The Morgan fingerprint density at radius 3 is 2.50 bits per heavy atom. The van der Waals surface area contributed by atoms with Crippen LogP contribution in [0.4, 0.5) is 4.79 Å². The van der Waals surface area contributed by atoms with Gasteiger partial charge in [-0.3, -0.25) is 14.8 Å². The molecule has 0 spiro atoms. The smallest absolute Gasteiger partial charge is 0.408 e. The van der Waals surface area contributed by atoms with Gasteiger partial charge in [0.05, 0.1) is 17.2 Å². The van der Waals surface area contributed by atoms with Crippen molar-refractivity contribution in [3.05, 3.63) is 36.2 Å². The van der Waals surface area contributed by atoms with Gasteiger partial charge in [-0.1, -0.05) is 19.9 Å². The number of rotatable bonds is 6. The third kappa shape index (κ3) is 6.94. The van der Waals surface area contributed by atoms with E-state index in [9.17, 15) is 9.59 Å². The first-order chi connectivity index (χ1) is 13.1. The second-order valence-electron chi connectivity index (χ2n) is 7.87. The van der Waals surface area contributed by atoms with Crippen LogP contribution in [0.2, 0.25) is 0 Å². The lowest BCUT2D eigenvalue weighted by Crippen LogP contribution is -2.47. The Hall–Kier alpha value is -3.03. The molecule has 8 nitrogen and oxygen atoms in total. The van der Waals surface area contributed by atoms with Crippen molar-refractivity contribution in [2.24, 2.45) is 11.0 Å². The van der Waals surface area contributed by atoms with Gasteiger partial charge in [0.15, 0.2) is 0 Å². The number of alkyl carbamates (subject to hydrolysis) is 1. The molecule has 1 aromatic carbocycles. The van der Waals surface area contributed by atoms with Crippen LogP contribution in [0.3, 0.4) is 0 Å². The zero-order chi connectivity index (χ0) is 20.7. The quantitative estimate of drug-likeness (QED) is 0.587. The fraction of sp³-hybridized carbons (Fsp3) is 0.450. The Morgan fingerprint density at radius 2 is 1.86 bits per heavy atom. The van der Waals surface area contributed by atoms with Gasteiger partial charge in [-0.05, 0) is 50.8 Å². The van der Waals surface area contributed by atoms with E-state index in [-0.39, 0.29) is 5.92 Å². The van der Waals surface area contributed by atoms with E-state index >= 15 is 0 Å². The minimum Gasteiger partial charge on any atom is -0.444 e. The van der Waals surface area contributed by atoms with Crippen LogP contribution in [0.1, 0.15) is 46.6 Å². The minimum atomic E-state index is -0.741. The lowest BCUT2D eigenvalue weighted by molar-refractivity contribution is -0.123. The predicted octanol–water partition coefficient (Wildman–Crippen LogP) is 3.02. The van der Waals surface area contributed by atoms with E-state index in [1.54, 1.807) is 33.2 Å². The highest BCUT2D eigenvalue weighted by atomic mass is 16.6. The Kier molecular flexibility index (Phi) is 7.03. The molecule has 2 rings (SSSR count). The molecule has 0 aliphatic carbocycles. The first-order valence-corrected chi connectivity index (χ1v) is 9.17. The van der Waals surface area contributed by atoms with Crippen LogP contribution in [0.5, 0.6) is 0 Å². The summed E-state index contributed by atoms with van der Waals surface area (Å²) >= 11 is 0. The Labute approximate surface area is 164 Å². The molecular formula is C20H27N5O3. The van der Waals surface area contributed by atoms with Crippen LogP contribution < -0.4 is 10.7 Å². The minimum absolute atomic E-state index is 0.203. The van der Waals surface area contributed by atoms with Crippen LogP contribution in [0.15, 0.2) is 35.7 Å². The molecule has 2 amide bonds. The number of nitrogens with zero attached hydrogens (tertiary/aromatic N) is 3. The second kappa shape index (κ2) is 9.25. The maximum atomic E-state index is 12.5. The number of hydrazone groups is 1. The largest absolute Gasteiger partial charge is 0.444 e. The number of aromatic nitrogens is 2. The molecule has 2 aromatic rings. The molecule has 2 N–H and O–H groups in total. The van der Waals surface area contributed by atoms with E-state index in [2.05, 4.69) is 25.8 Å². The molecule has 150 valence electrons. The molecule has 0 unspecified atom stereocenters. The van der Waals surface area contributed by atoms with Crippen molar-refractivity contribution < 1.29 is 14.3 Å². The Morgan fingerprint density at radius 1 is 1.18 bits per heavy atom. The van der Waals surface area contributed by atoms with Gasteiger partial charge >= 0.3 is 6.09 Å². The fourth-order valence-electron chi connectivity index (χ4n) is 2.46. The van der Waals surface area contributed by atoms with Crippen molar-refractivity contribution in [1.29, 1.82) is 0 Å². The van der Waals surface area contributed by atoms with Gasteiger partial charge in [0, 0.05) is 12.4 Å². The standard InChI is InChI=1S/C20H27N5O3/c1-13(2)10-17(24-19(27)28-20(3,4)5)18(26)25-23-12-14-6-7-15-16(11-14)22-9-8-21-15/h6-9,11-13,17H,10H2,1-5H3,(H,24,27)(H,25,26)/b23-12-/t17-/m0/s1. The van der Waals surface area contributed by atoms with Crippen LogP contribution >= 0.6 is 0 Å². The third-order valence-electron chi connectivity index (χ3n) is 3.60. The fourth-order valence-corrected chi connectivity index (χ4v) is 2.46. The van der Waals surface area contributed by atoms with Crippen molar-refractivity contribution in [2.45, 2.75) is 52.7 Å². The van der Waals surface area contributed by atoms with Crippen molar-refractivity contribution in [3.8, 4) is 0 Å². The molecule has 0 saturated heterocycles. The van der Waals surface area contributed by atoms with Gasteiger partial charge in [-0.25, -0.2) is 10.2 Å². The van der Waals surface area contributed by atoms with Crippen molar-refractivity contribution in [2.75, 3.05) is 0 Å². The number of ether oxygens (including phenoxy) is 1. The Bertz CT molecular complexity index is 858. The normalized spacial score (nSPS) is 12.9. The molecular weight excluding hydrogens is 358 g/mol. The molecule has 8 heteroatoms. The van der Waals surface area contributed by atoms with Gasteiger partial charge in [0.2, 0.25) is 0 Å². The van der Waals surface area contributed by atoms with Crippen LogP contribution in [-0.2, 0) is 9.53 Å². The number of hydrogen-bond donors (Lipinski definition) is 2. The second-order valence-corrected chi connectivity index (χ2v) is 7.87. The van der Waals surface area contributed by atoms with Crippen LogP contribution in [0, 0.1) is 5.92 Å². The summed E-state index contributed by atoms with van der Waals surface area (Å²) in [5.74, 6) is -0.204. The molecule has 0 saturated carbocycles. The first-order valence-electron chi connectivity index (χ1n) is 9.17. The summed E-state index contributed by atoms with van der Waals surface area (Å²) in [4.78, 5) is 32.9. The van der Waals surface area contributed by atoms with Gasteiger partial charge in [0.1, 0.15) is 11.6 Å².